The summed E-state index contributed by atoms with van der Waals surface area (Å²) in [5.41, 5.74) is 0.392. The summed E-state index contributed by atoms with van der Waals surface area (Å²) < 4.78 is 5.48. The molecule has 1 aliphatic rings. The van der Waals surface area contributed by atoms with E-state index in [4.69, 9.17) is 4.42 Å². The summed E-state index contributed by atoms with van der Waals surface area (Å²) in [5.74, 6) is 0.889. The van der Waals surface area contributed by atoms with Crippen LogP contribution in [0.25, 0.3) is 0 Å². The van der Waals surface area contributed by atoms with Crippen molar-refractivity contribution in [3.05, 3.63) is 17.8 Å². The predicted molar refractivity (Wildman–Crippen MR) is 81.5 cm³/mol. The molecule has 6 heteroatoms. The summed E-state index contributed by atoms with van der Waals surface area (Å²) in [6.45, 7) is 9.69. The van der Waals surface area contributed by atoms with Crippen molar-refractivity contribution in [2.75, 3.05) is 39.3 Å². The normalized spacial score (nSPS) is 16.3. The average Bonchev–Trinajstić information content (AvgIpc) is 3.02. The van der Waals surface area contributed by atoms with Gasteiger partial charge in [-0.2, -0.15) is 0 Å². The molecule has 118 valence electrons. The zero-order valence-electron chi connectivity index (χ0n) is 13.0. The van der Waals surface area contributed by atoms with Gasteiger partial charge in [-0.3, -0.25) is 4.79 Å². The third-order valence-electron chi connectivity index (χ3n) is 4.05. The molecule has 2 rings (SSSR count). The molecular formula is C15H26N4O2. The molecule has 0 saturated carbocycles. The summed E-state index contributed by atoms with van der Waals surface area (Å²) in [6.07, 6.45) is 3.51. The highest BCUT2D eigenvalue weighted by Gasteiger charge is 2.21. The zero-order chi connectivity index (χ0) is 15.1. The Morgan fingerprint density at radius 2 is 2.14 bits per heavy atom. The van der Waals surface area contributed by atoms with Crippen molar-refractivity contribution in [1.29, 1.82) is 0 Å². The van der Waals surface area contributed by atoms with Crippen LogP contribution in [0.4, 0.5) is 0 Å². The lowest BCUT2D eigenvalue weighted by Gasteiger charge is -2.19. The number of piperidine rings is 1. The van der Waals surface area contributed by atoms with Gasteiger partial charge in [0.2, 0.25) is 0 Å². The summed E-state index contributed by atoms with van der Waals surface area (Å²) in [4.78, 5) is 18.7. The molecule has 1 fully saturated rings. The van der Waals surface area contributed by atoms with Gasteiger partial charge in [0.05, 0.1) is 0 Å². The van der Waals surface area contributed by atoms with Gasteiger partial charge in [0.1, 0.15) is 6.26 Å². The fourth-order valence-electron chi connectivity index (χ4n) is 2.61. The number of amides is 1. The van der Waals surface area contributed by atoms with Crippen molar-refractivity contribution < 1.29 is 9.21 Å². The Labute approximate surface area is 126 Å². The van der Waals surface area contributed by atoms with Crippen molar-refractivity contribution in [3.8, 4) is 0 Å². The van der Waals surface area contributed by atoms with E-state index in [1.54, 1.807) is 0 Å². The average molecular weight is 294 g/mol. The topological polar surface area (TPSA) is 70.4 Å². The van der Waals surface area contributed by atoms with Crippen LogP contribution in [0.15, 0.2) is 10.7 Å². The standard InChI is InChI=1S/C15H26N4O2/c1-3-19(4-2)10-9-17-14(20)13-11-21-15(18-13)12-5-7-16-8-6-12/h11-12,16H,3-10H2,1-2H3,(H,17,20). The number of likely N-dealkylation sites (N-methyl/N-ethyl adjacent to an activating group) is 1. The minimum atomic E-state index is -0.147. The number of oxazole rings is 1. The monoisotopic (exact) mass is 294 g/mol. The third-order valence-corrected chi connectivity index (χ3v) is 4.05. The van der Waals surface area contributed by atoms with E-state index in [1.165, 1.54) is 6.26 Å². The number of aromatic nitrogens is 1. The smallest absolute Gasteiger partial charge is 0.273 e. The highest BCUT2D eigenvalue weighted by Crippen LogP contribution is 2.24. The molecule has 1 amide bonds. The minimum absolute atomic E-state index is 0.147. The molecule has 0 atom stereocenters. The second-order valence-electron chi connectivity index (χ2n) is 5.38. The molecule has 2 N–H and O–H groups in total. The van der Waals surface area contributed by atoms with Crippen molar-refractivity contribution in [2.45, 2.75) is 32.6 Å². The number of nitrogens with one attached hydrogen (secondary N) is 2. The molecule has 0 spiro atoms. The molecule has 0 unspecified atom stereocenters. The first kappa shape index (κ1) is 16.0. The Balaban J connectivity index is 1.81. The van der Waals surface area contributed by atoms with Crippen LogP contribution in [0.1, 0.15) is 49.0 Å². The minimum Gasteiger partial charge on any atom is -0.448 e. The molecule has 1 aliphatic heterocycles. The molecular weight excluding hydrogens is 268 g/mol. The first-order valence-electron chi connectivity index (χ1n) is 7.91. The van der Waals surface area contributed by atoms with Gasteiger partial charge in [0.25, 0.3) is 5.91 Å². The van der Waals surface area contributed by atoms with Crippen LogP contribution in [0.2, 0.25) is 0 Å². The molecule has 6 nitrogen and oxygen atoms in total. The van der Waals surface area contributed by atoms with Gasteiger partial charge < -0.3 is 20.0 Å². The van der Waals surface area contributed by atoms with Crippen LogP contribution in [-0.2, 0) is 0 Å². The van der Waals surface area contributed by atoms with Gasteiger partial charge in [0, 0.05) is 19.0 Å². The van der Waals surface area contributed by atoms with E-state index < -0.39 is 0 Å². The van der Waals surface area contributed by atoms with Crippen molar-refractivity contribution in [1.82, 2.24) is 20.5 Å². The Morgan fingerprint density at radius 1 is 1.43 bits per heavy atom. The van der Waals surface area contributed by atoms with Gasteiger partial charge in [-0.25, -0.2) is 4.98 Å². The molecule has 1 aromatic rings. The van der Waals surface area contributed by atoms with Gasteiger partial charge in [-0.15, -0.1) is 0 Å². The first-order valence-corrected chi connectivity index (χ1v) is 7.91. The number of hydrogen-bond acceptors (Lipinski definition) is 5. The lowest BCUT2D eigenvalue weighted by molar-refractivity contribution is 0.0944. The van der Waals surface area contributed by atoms with E-state index in [0.717, 1.165) is 45.6 Å². The molecule has 1 aromatic heterocycles. The van der Waals surface area contributed by atoms with E-state index in [1.807, 2.05) is 0 Å². The zero-order valence-corrected chi connectivity index (χ0v) is 13.0. The second-order valence-corrected chi connectivity index (χ2v) is 5.38. The molecule has 1 saturated heterocycles. The van der Waals surface area contributed by atoms with E-state index in [0.29, 0.717) is 24.0 Å². The van der Waals surface area contributed by atoms with Gasteiger partial charge in [0.15, 0.2) is 11.6 Å². The maximum atomic E-state index is 12.0. The summed E-state index contributed by atoms with van der Waals surface area (Å²) in [7, 11) is 0. The molecule has 0 bridgehead atoms. The Bertz CT molecular complexity index is 437. The van der Waals surface area contributed by atoms with E-state index >= 15 is 0 Å². The Kier molecular flexibility index (Phi) is 6.20. The number of carbonyl (C=O) groups is 1. The van der Waals surface area contributed by atoms with Crippen LogP contribution in [0.3, 0.4) is 0 Å². The molecule has 0 aromatic carbocycles. The Morgan fingerprint density at radius 3 is 2.81 bits per heavy atom. The summed E-state index contributed by atoms with van der Waals surface area (Å²) >= 11 is 0. The molecule has 2 heterocycles. The lowest BCUT2D eigenvalue weighted by Crippen LogP contribution is -2.35. The van der Waals surface area contributed by atoms with Crippen molar-refractivity contribution in [2.24, 2.45) is 0 Å². The molecule has 0 aliphatic carbocycles. The summed E-state index contributed by atoms with van der Waals surface area (Å²) in [5, 5.41) is 6.21. The van der Waals surface area contributed by atoms with Crippen molar-refractivity contribution in [3.63, 3.8) is 0 Å². The SMILES string of the molecule is CCN(CC)CCNC(=O)c1coc(C2CCNCC2)n1. The Hall–Kier alpha value is -1.40. The number of carbonyl (C=O) groups excluding carboxylic acids is 1. The quantitative estimate of drug-likeness (QED) is 0.791. The fraction of sp³-hybridized carbons (Fsp3) is 0.733. The first-order chi connectivity index (χ1) is 10.2. The highest BCUT2D eigenvalue weighted by atomic mass is 16.3. The number of hydrogen-bond donors (Lipinski definition) is 2. The fourth-order valence-corrected chi connectivity index (χ4v) is 2.61. The van der Waals surface area contributed by atoms with Gasteiger partial charge >= 0.3 is 0 Å². The molecule has 21 heavy (non-hydrogen) atoms. The lowest BCUT2D eigenvalue weighted by atomic mass is 9.98. The van der Waals surface area contributed by atoms with E-state index in [2.05, 4.69) is 34.4 Å². The maximum Gasteiger partial charge on any atom is 0.273 e. The van der Waals surface area contributed by atoms with Crippen LogP contribution in [0, 0.1) is 0 Å². The van der Waals surface area contributed by atoms with Gasteiger partial charge in [-0.05, 0) is 39.0 Å². The molecule has 0 radical (unpaired) electrons. The highest BCUT2D eigenvalue weighted by molar-refractivity contribution is 5.91. The van der Waals surface area contributed by atoms with E-state index in [-0.39, 0.29) is 5.91 Å². The maximum absolute atomic E-state index is 12.0. The number of nitrogens with zero attached hydrogens (tertiary/aromatic N) is 2. The van der Waals surface area contributed by atoms with Crippen molar-refractivity contribution >= 4 is 5.91 Å². The van der Waals surface area contributed by atoms with E-state index in [9.17, 15) is 4.79 Å². The van der Waals surface area contributed by atoms with Crippen LogP contribution in [0.5, 0.6) is 0 Å². The number of rotatable bonds is 7. The van der Waals surface area contributed by atoms with Crippen LogP contribution in [-0.4, -0.2) is 55.1 Å². The second kappa shape index (κ2) is 8.14. The van der Waals surface area contributed by atoms with Crippen LogP contribution >= 0.6 is 0 Å². The largest absolute Gasteiger partial charge is 0.448 e. The summed E-state index contributed by atoms with van der Waals surface area (Å²) in [6, 6.07) is 0. The van der Waals surface area contributed by atoms with Crippen LogP contribution < -0.4 is 10.6 Å². The third kappa shape index (κ3) is 4.54. The predicted octanol–water partition coefficient (Wildman–Crippen LogP) is 1.21. The van der Waals surface area contributed by atoms with Gasteiger partial charge in [-0.1, -0.05) is 13.8 Å².